The van der Waals surface area contributed by atoms with E-state index in [0.717, 1.165) is 5.56 Å². The Morgan fingerprint density at radius 3 is 2.82 bits per heavy atom. The van der Waals surface area contributed by atoms with Crippen molar-refractivity contribution in [2.75, 3.05) is 5.32 Å². The molecule has 1 aromatic rings. The van der Waals surface area contributed by atoms with E-state index in [4.69, 9.17) is 0 Å². The number of carbonyl (C=O) groups is 1. The van der Waals surface area contributed by atoms with Gasteiger partial charge in [0.05, 0.1) is 0 Å². The van der Waals surface area contributed by atoms with E-state index in [0.29, 0.717) is 12.2 Å². The normalized spacial score (nSPS) is 8.73. The molecule has 3 nitrogen and oxygen atoms in total. The summed E-state index contributed by atoms with van der Waals surface area (Å²) in [7, 11) is 0. The second-order valence-electron chi connectivity index (χ2n) is 1.94. The Balaban J connectivity index is 2.81. The van der Waals surface area contributed by atoms with Gasteiger partial charge in [-0.2, -0.15) is 0 Å². The average molecular weight is 148 g/mol. The maximum atomic E-state index is 9.96. The first-order valence-corrected chi connectivity index (χ1v) is 3.15. The maximum Gasteiger partial charge on any atom is 0.212 e. The Hall–Kier alpha value is -1.64. The molecule has 0 aliphatic rings. The Bertz CT molecular complexity index is 253. The van der Waals surface area contributed by atoms with Gasteiger partial charge in [0.15, 0.2) is 0 Å². The molecule has 1 heterocycles. The van der Waals surface area contributed by atoms with E-state index in [1.807, 2.05) is 6.07 Å². The van der Waals surface area contributed by atoms with E-state index >= 15 is 0 Å². The lowest BCUT2D eigenvalue weighted by Crippen LogP contribution is -1.95. The number of anilines is 1. The molecule has 1 aromatic heterocycles. The van der Waals surface area contributed by atoms with E-state index < -0.39 is 0 Å². The minimum atomic E-state index is 0.547. The first-order chi connectivity index (χ1) is 5.36. The second kappa shape index (κ2) is 3.51. The van der Waals surface area contributed by atoms with Crippen LogP contribution >= 0.6 is 0 Å². The quantitative estimate of drug-likeness (QED) is 0.656. The third-order valence-electron chi connectivity index (χ3n) is 1.23. The Morgan fingerprint density at radius 1 is 1.55 bits per heavy atom. The molecule has 0 saturated carbocycles. The molecule has 1 rings (SSSR count). The average Bonchev–Trinajstić information content (AvgIpc) is 2.07. The van der Waals surface area contributed by atoms with Crippen molar-refractivity contribution in [3.05, 3.63) is 30.5 Å². The largest absolute Gasteiger partial charge is 0.313 e. The molecular formula is C8H8N2O. The van der Waals surface area contributed by atoms with E-state index in [1.165, 1.54) is 0 Å². The zero-order chi connectivity index (χ0) is 8.10. The highest BCUT2D eigenvalue weighted by Gasteiger charge is 1.89. The fraction of sp³-hybridized carbons (Fsp3) is 0. The maximum absolute atomic E-state index is 9.96. The highest BCUT2D eigenvalue weighted by Crippen LogP contribution is 2.04. The zero-order valence-electron chi connectivity index (χ0n) is 5.95. The highest BCUT2D eigenvalue weighted by atomic mass is 16.1. The smallest absolute Gasteiger partial charge is 0.212 e. The summed E-state index contributed by atoms with van der Waals surface area (Å²) in [5, 5.41) is 2.43. The summed E-state index contributed by atoms with van der Waals surface area (Å²) in [5.41, 5.74) is 0.932. The van der Waals surface area contributed by atoms with Gasteiger partial charge in [-0.1, -0.05) is 12.7 Å². The van der Waals surface area contributed by atoms with Gasteiger partial charge < -0.3 is 5.32 Å². The summed E-state index contributed by atoms with van der Waals surface area (Å²) in [4.78, 5) is 13.9. The zero-order valence-corrected chi connectivity index (χ0v) is 5.95. The van der Waals surface area contributed by atoms with Gasteiger partial charge in [0.1, 0.15) is 5.82 Å². The summed E-state index contributed by atoms with van der Waals surface area (Å²) in [6.45, 7) is 3.58. The van der Waals surface area contributed by atoms with Crippen LogP contribution < -0.4 is 5.32 Å². The predicted molar refractivity (Wildman–Crippen MR) is 44.0 cm³/mol. The summed E-state index contributed by atoms with van der Waals surface area (Å²) >= 11 is 0. The molecule has 0 bridgehead atoms. The van der Waals surface area contributed by atoms with Crippen LogP contribution in [0, 0.1) is 0 Å². The van der Waals surface area contributed by atoms with Crippen LogP contribution in [0.4, 0.5) is 5.82 Å². The van der Waals surface area contributed by atoms with Crippen molar-refractivity contribution < 1.29 is 4.79 Å². The summed E-state index contributed by atoms with van der Waals surface area (Å²) in [5.74, 6) is 0.547. The van der Waals surface area contributed by atoms with Crippen molar-refractivity contribution in [2.24, 2.45) is 0 Å². The molecule has 0 unspecified atom stereocenters. The molecule has 3 heteroatoms. The number of amides is 1. The standard InChI is InChI=1S/C8H8N2O/c1-2-7-3-4-8(9-5-7)10-6-11/h2-6H,1H2,(H,9,10,11). The van der Waals surface area contributed by atoms with E-state index in [9.17, 15) is 4.79 Å². The Morgan fingerprint density at radius 2 is 2.36 bits per heavy atom. The van der Waals surface area contributed by atoms with Crippen molar-refractivity contribution in [2.45, 2.75) is 0 Å². The molecular weight excluding hydrogens is 140 g/mol. The predicted octanol–water partition coefficient (Wildman–Crippen LogP) is 1.29. The molecule has 56 valence electrons. The van der Waals surface area contributed by atoms with Gasteiger partial charge in [0, 0.05) is 6.20 Å². The Kier molecular flexibility index (Phi) is 2.38. The second-order valence-corrected chi connectivity index (χ2v) is 1.94. The summed E-state index contributed by atoms with van der Waals surface area (Å²) in [6.07, 6.45) is 3.92. The van der Waals surface area contributed by atoms with Crippen molar-refractivity contribution >= 4 is 18.3 Å². The highest BCUT2D eigenvalue weighted by molar-refractivity contribution is 5.68. The van der Waals surface area contributed by atoms with Crippen LogP contribution in [0.15, 0.2) is 24.9 Å². The number of nitrogens with zero attached hydrogens (tertiary/aromatic N) is 1. The topological polar surface area (TPSA) is 42.0 Å². The van der Waals surface area contributed by atoms with Crippen LogP contribution in [0.25, 0.3) is 6.08 Å². The summed E-state index contributed by atoms with van der Waals surface area (Å²) < 4.78 is 0. The van der Waals surface area contributed by atoms with Crippen molar-refractivity contribution in [1.82, 2.24) is 4.98 Å². The van der Waals surface area contributed by atoms with Crippen molar-refractivity contribution in [3.63, 3.8) is 0 Å². The van der Waals surface area contributed by atoms with Gasteiger partial charge >= 0.3 is 0 Å². The molecule has 0 aliphatic carbocycles. The van der Waals surface area contributed by atoms with Gasteiger partial charge in [-0.3, -0.25) is 4.79 Å². The van der Waals surface area contributed by atoms with Crippen molar-refractivity contribution in [3.8, 4) is 0 Å². The number of hydrogen-bond donors (Lipinski definition) is 1. The van der Waals surface area contributed by atoms with Crippen LogP contribution in [-0.2, 0) is 4.79 Å². The van der Waals surface area contributed by atoms with E-state index in [-0.39, 0.29) is 0 Å². The molecule has 0 atom stereocenters. The first kappa shape index (κ1) is 7.47. The SMILES string of the molecule is C=Cc1ccc(NC=O)nc1. The molecule has 1 amide bonds. The number of carbonyl (C=O) groups excluding carboxylic acids is 1. The van der Waals surface area contributed by atoms with Crippen LogP contribution in [0.3, 0.4) is 0 Å². The number of hydrogen-bond acceptors (Lipinski definition) is 2. The first-order valence-electron chi connectivity index (χ1n) is 3.15. The molecule has 0 spiro atoms. The molecule has 0 saturated heterocycles. The van der Waals surface area contributed by atoms with Crippen LogP contribution in [0.2, 0.25) is 0 Å². The fourth-order valence-electron chi connectivity index (χ4n) is 0.672. The minimum Gasteiger partial charge on any atom is -0.313 e. The third-order valence-corrected chi connectivity index (χ3v) is 1.23. The van der Waals surface area contributed by atoms with E-state index in [1.54, 1.807) is 18.3 Å². The molecule has 11 heavy (non-hydrogen) atoms. The molecule has 0 fully saturated rings. The van der Waals surface area contributed by atoms with Crippen LogP contribution in [0.1, 0.15) is 5.56 Å². The van der Waals surface area contributed by atoms with E-state index in [2.05, 4.69) is 16.9 Å². The minimum absolute atomic E-state index is 0.547. The Labute approximate surface area is 64.8 Å². The monoisotopic (exact) mass is 148 g/mol. The third kappa shape index (κ3) is 1.89. The van der Waals surface area contributed by atoms with Gasteiger partial charge in [0.25, 0.3) is 0 Å². The molecule has 0 radical (unpaired) electrons. The number of nitrogens with one attached hydrogen (secondary N) is 1. The van der Waals surface area contributed by atoms with Gasteiger partial charge in [-0.05, 0) is 17.7 Å². The molecule has 1 N–H and O–H groups in total. The number of aromatic nitrogens is 1. The fourth-order valence-corrected chi connectivity index (χ4v) is 0.672. The summed E-state index contributed by atoms with van der Waals surface area (Å²) in [6, 6.07) is 3.54. The number of rotatable bonds is 3. The van der Waals surface area contributed by atoms with Crippen LogP contribution in [0.5, 0.6) is 0 Å². The van der Waals surface area contributed by atoms with Gasteiger partial charge in [-0.25, -0.2) is 4.98 Å². The molecule has 0 aromatic carbocycles. The van der Waals surface area contributed by atoms with Gasteiger partial charge in [-0.15, -0.1) is 0 Å². The number of pyridine rings is 1. The lowest BCUT2D eigenvalue weighted by Gasteiger charge is -1.96. The van der Waals surface area contributed by atoms with Crippen molar-refractivity contribution in [1.29, 1.82) is 0 Å². The van der Waals surface area contributed by atoms with Gasteiger partial charge in [0.2, 0.25) is 6.41 Å². The van der Waals surface area contributed by atoms with Crippen LogP contribution in [-0.4, -0.2) is 11.4 Å². The lowest BCUT2D eigenvalue weighted by molar-refractivity contribution is -0.105. The molecule has 0 aliphatic heterocycles. The lowest BCUT2D eigenvalue weighted by atomic mass is 10.3.